The highest BCUT2D eigenvalue weighted by Gasteiger charge is 2.01. The Balaban J connectivity index is 2.95. The van der Waals surface area contributed by atoms with E-state index in [2.05, 4.69) is 16.8 Å². The van der Waals surface area contributed by atoms with Gasteiger partial charge in [-0.2, -0.15) is 0 Å². The van der Waals surface area contributed by atoms with Crippen LogP contribution in [0, 0.1) is 11.8 Å². The van der Waals surface area contributed by atoms with Crippen LogP contribution in [-0.4, -0.2) is 10.9 Å². The summed E-state index contributed by atoms with van der Waals surface area (Å²) < 4.78 is 0. The first-order valence-corrected chi connectivity index (χ1v) is 4.89. The Hall–Kier alpha value is -0.420. The highest BCUT2D eigenvalue weighted by atomic mass is 35.5. The van der Waals surface area contributed by atoms with Gasteiger partial charge in [-0.3, -0.25) is 0 Å². The number of alkyl halides is 1. The summed E-state index contributed by atoms with van der Waals surface area (Å²) in [7, 11) is 0. The molecule has 0 aliphatic carbocycles. The summed E-state index contributed by atoms with van der Waals surface area (Å²) in [6.07, 6.45) is 2.15. The van der Waals surface area contributed by atoms with Gasteiger partial charge in [0, 0.05) is 18.5 Å². The van der Waals surface area contributed by atoms with Gasteiger partial charge in [0.15, 0.2) is 0 Å². The molecule has 0 aliphatic rings. The highest BCUT2D eigenvalue weighted by Crippen LogP contribution is 2.20. The Labute approximate surface area is 92.0 Å². The molecular formula is C9H6Cl3N. The smallest absolute Gasteiger partial charge is 0.146 e. The zero-order valence-electron chi connectivity index (χ0n) is 6.65. The third kappa shape index (κ3) is 3.08. The molecule has 13 heavy (non-hydrogen) atoms. The molecule has 0 amide bonds. The van der Waals surface area contributed by atoms with Gasteiger partial charge in [0.1, 0.15) is 5.15 Å². The summed E-state index contributed by atoms with van der Waals surface area (Å²) in [4.78, 5) is 3.86. The molecule has 0 radical (unpaired) electrons. The maximum atomic E-state index is 5.85. The van der Waals surface area contributed by atoms with E-state index in [0.29, 0.717) is 28.0 Å². The quantitative estimate of drug-likeness (QED) is 0.412. The second-order valence-corrected chi connectivity index (χ2v) is 3.34. The van der Waals surface area contributed by atoms with Crippen molar-refractivity contribution in [3.8, 4) is 11.8 Å². The average molecular weight is 235 g/mol. The molecule has 0 fully saturated rings. The molecule has 1 nitrogen and oxygen atoms in total. The summed E-state index contributed by atoms with van der Waals surface area (Å²) in [6, 6.07) is 1.65. The van der Waals surface area contributed by atoms with E-state index in [1.165, 1.54) is 6.20 Å². The van der Waals surface area contributed by atoms with Crippen LogP contribution in [0.25, 0.3) is 0 Å². The molecule has 0 atom stereocenters. The Kier molecular flexibility index (Phi) is 4.38. The van der Waals surface area contributed by atoms with Crippen molar-refractivity contribution < 1.29 is 0 Å². The molecule has 0 spiro atoms. The zero-order chi connectivity index (χ0) is 9.68. The van der Waals surface area contributed by atoms with Crippen molar-refractivity contribution in [2.24, 2.45) is 0 Å². The normalized spacial score (nSPS) is 9.15. The monoisotopic (exact) mass is 233 g/mol. The van der Waals surface area contributed by atoms with Gasteiger partial charge < -0.3 is 0 Å². The molecule has 0 saturated heterocycles. The van der Waals surface area contributed by atoms with Gasteiger partial charge in [0.2, 0.25) is 0 Å². The highest BCUT2D eigenvalue weighted by molar-refractivity contribution is 6.35. The van der Waals surface area contributed by atoms with E-state index in [0.717, 1.165) is 0 Å². The van der Waals surface area contributed by atoms with Crippen molar-refractivity contribution >= 4 is 34.8 Å². The Morgan fingerprint density at radius 3 is 2.77 bits per heavy atom. The van der Waals surface area contributed by atoms with E-state index in [1.54, 1.807) is 6.07 Å². The van der Waals surface area contributed by atoms with E-state index >= 15 is 0 Å². The second-order valence-electron chi connectivity index (χ2n) is 2.20. The van der Waals surface area contributed by atoms with Gasteiger partial charge in [-0.05, 0) is 6.07 Å². The Bertz CT molecular complexity index is 331. The molecule has 0 aromatic carbocycles. The van der Waals surface area contributed by atoms with Crippen molar-refractivity contribution in [1.29, 1.82) is 0 Å². The summed E-state index contributed by atoms with van der Waals surface area (Å²) in [5, 5.41) is 0.844. The minimum atomic E-state index is 0.328. The molecule has 0 aliphatic heterocycles. The SMILES string of the molecule is ClCCC#Cc1c(Cl)ccnc1Cl. The summed E-state index contributed by atoms with van der Waals surface area (Å²) in [5.74, 6) is 6.17. The molecule has 0 unspecified atom stereocenters. The predicted octanol–water partition coefficient (Wildman–Crippen LogP) is 3.37. The number of hydrogen-bond acceptors (Lipinski definition) is 1. The summed E-state index contributed by atoms with van der Waals surface area (Å²) in [6.45, 7) is 0. The molecule has 0 bridgehead atoms. The predicted molar refractivity (Wildman–Crippen MR) is 56.5 cm³/mol. The van der Waals surface area contributed by atoms with Gasteiger partial charge in [-0.1, -0.05) is 35.0 Å². The second kappa shape index (κ2) is 5.34. The van der Waals surface area contributed by atoms with Gasteiger partial charge >= 0.3 is 0 Å². The van der Waals surface area contributed by atoms with Crippen LogP contribution in [0.5, 0.6) is 0 Å². The van der Waals surface area contributed by atoms with E-state index in [1.807, 2.05) is 0 Å². The lowest BCUT2D eigenvalue weighted by atomic mass is 10.3. The van der Waals surface area contributed by atoms with Crippen molar-refractivity contribution in [1.82, 2.24) is 4.98 Å². The van der Waals surface area contributed by atoms with Crippen molar-refractivity contribution in [2.75, 3.05) is 5.88 Å². The van der Waals surface area contributed by atoms with Crippen LogP contribution in [0.1, 0.15) is 12.0 Å². The molecule has 1 aromatic rings. The molecule has 1 rings (SSSR count). The molecule has 68 valence electrons. The fourth-order valence-corrected chi connectivity index (χ4v) is 1.27. The molecule has 4 heteroatoms. The van der Waals surface area contributed by atoms with E-state index in [9.17, 15) is 0 Å². The maximum absolute atomic E-state index is 5.85. The van der Waals surface area contributed by atoms with Crippen molar-refractivity contribution in [3.63, 3.8) is 0 Å². The minimum Gasteiger partial charge on any atom is -0.243 e. The van der Waals surface area contributed by atoms with Gasteiger partial charge in [0.25, 0.3) is 0 Å². The standard InChI is InChI=1S/C9H6Cl3N/c10-5-2-1-3-7-8(11)4-6-13-9(7)12/h4,6H,2,5H2. The largest absolute Gasteiger partial charge is 0.243 e. The third-order valence-electron chi connectivity index (χ3n) is 1.29. The first-order valence-electron chi connectivity index (χ1n) is 3.60. The van der Waals surface area contributed by atoms with Gasteiger partial charge in [-0.25, -0.2) is 4.98 Å². The van der Waals surface area contributed by atoms with Crippen LogP contribution < -0.4 is 0 Å². The molecule has 0 N–H and O–H groups in total. The van der Waals surface area contributed by atoms with Crippen molar-refractivity contribution in [2.45, 2.75) is 6.42 Å². The molecule has 0 saturated carbocycles. The van der Waals surface area contributed by atoms with E-state index < -0.39 is 0 Å². The number of hydrogen-bond donors (Lipinski definition) is 0. The number of rotatable bonds is 1. The fraction of sp³-hybridized carbons (Fsp3) is 0.222. The molecule has 1 heterocycles. The third-order valence-corrected chi connectivity index (χ3v) is 2.08. The molecule has 1 aromatic heterocycles. The van der Waals surface area contributed by atoms with Crippen LogP contribution in [0.4, 0.5) is 0 Å². The van der Waals surface area contributed by atoms with Crippen LogP contribution in [-0.2, 0) is 0 Å². The van der Waals surface area contributed by atoms with Crippen LogP contribution in [0.3, 0.4) is 0 Å². The lowest BCUT2D eigenvalue weighted by Crippen LogP contribution is -1.83. The number of aromatic nitrogens is 1. The first-order chi connectivity index (χ1) is 6.25. The van der Waals surface area contributed by atoms with Gasteiger partial charge in [-0.15, -0.1) is 11.6 Å². The van der Waals surface area contributed by atoms with E-state index in [4.69, 9.17) is 34.8 Å². The number of nitrogens with zero attached hydrogens (tertiary/aromatic N) is 1. The lowest BCUT2D eigenvalue weighted by Gasteiger charge is -1.96. The van der Waals surface area contributed by atoms with Crippen LogP contribution in [0.2, 0.25) is 10.2 Å². The lowest BCUT2D eigenvalue weighted by molar-refractivity contribution is 1.28. The van der Waals surface area contributed by atoms with Crippen molar-refractivity contribution in [3.05, 3.63) is 28.0 Å². The Morgan fingerprint density at radius 1 is 1.38 bits per heavy atom. The van der Waals surface area contributed by atoms with Gasteiger partial charge in [0.05, 0.1) is 10.6 Å². The zero-order valence-corrected chi connectivity index (χ0v) is 8.92. The minimum absolute atomic E-state index is 0.328. The maximum Gasteiger partial charge on any atom is 0.146 e. The van der Waals surface area contributed by atoms with Crippen LogP contribution >= 0.6 is 34.8 Å². The fourth-order valence-electron chi connectivity index (χ4n) is 0.724. The summed E-state index contributed by atoms with van der Waals surface area (Å²) in [5.41, 5.74) is 0.566. The topological polar surface area (TPSA) is 12.9 Å². The first kappa shape index (κ1) is 10.7. The average Bonchev–Trinajstić information content (AvgIpc) is 2.10. The number of halogens is 3. The molecular weight excluding hydrogens is 228 g/mol. The Morgan fingerprint density at radius 2 is 2.15 bits per heavy atom. The number of pyridine rings is 1. The van der Waals surface area contributed by atoms with Crippen LogP contribution in [0.15, 0.2) is 12.3 Å². The van der Waals surface area contributed by atoms with E-state index in [-0.39, 0.29) is 0 Å². The summed E-state index contributed by atoms with van der Waals surface area (Å²) >= 11 is 17.1.